The first kappa shape index (κ1) is 29.8. The van der Waals surface area contributed by atoms with E-state index in [0.717, 1.165) is 46.7 Å². The SMILES string of the molecule is Cc1ccc(S(=O)(=O)N(C)CC(=O)N(Cc2cccc(Cl)c2)[C@H](Cc2ccccc2)C(=O)NC2CCCC2)cc1. The molecule has 0 heterocycles. The smallest absolute Gasteiger partial charge is 0.243 e. The van der Waals surface area contributed by atoms with Crippen LogP contribution in [0.25, 0.3) is 0 Å². The molecular weight excluding hydrogens is 546 g/mol. The summed E-state index contributed by atoms with van der Waals surface area (Å²) in [6.07, 6.45) is 4.22. The fraction of sp³-hybridized carbons (Fsp3) is 0.355. The van der Waals surface area contributed by atoms with Gasteiger partial charge in [-0.2, -0.15) is 4.31 Å². The maximum Gasteiger partial charge on any atom is 0.243 e. The van der Waals surface area contributed by atoms with Crippen LogP contribution < -0.4 is 5.32 Å². The third-order valence-corrected chi connectivity index (χ3v) is 9.35. The van der Waals surface area contributed by atoms with Gasteiger partial charge < -0.3 is 10.2 Å². The van der Waals surface area contributed by atoms with Crippen molar-refractivity contribution in [3.05, 3.63) is 101 Å². The predicted octanol–water partition coefficient (Wildman–Crippen LogP) is 4.97. The monoisotopic (exact) mass is 581 g/mol. The van der Waals surface area contributed by atoms with Crippen LogP contribution in [0.3, 0.4) is 0 Å². The largest absolute Gasteiger partial charge is 0.352 e. The van der Waals surface area contributed by atoms with Gasteiger partial charge in [-0.25, -0.2) is 8.42 Å². The van der Waals surface area contributed by atoms with Crippen molar-refractivity contribution in [1.29, 1.82) is 0 Å². The lowest BCUT2D eigenvalue weighted by Crippen LogP contribution is -2.54. The molecule has 4 rings (SSSR count). The third-order valence-electron chi connectivity index (χ3n) is 7.30. The summed E-state index contributed by atoms with van der Waals surface area (Å²) in [5, 5.41) is 3.67. The van der Waals surface area contributed by atoms with Crippen molar-refractivity contribution in [2.45, 2.75) is 62.6 Å². The lowest BCUT2D eigenvalue weighted by Gasteiger charge is -2.33. The van der Waals surface area contributed by atoms with Gasteiger partial charge in [-0.3, -0.25) is 9.59 Å². The lowest BCUT2D eigenvalue weighted by atomic mass is 10.0. The number of likely N-dealkylation sites (N-methyl/N-ethyl adjacent to an activating group) is 1. The molecule has 1 atom stereocenters. The molecule has 1 fully saturated rings. The Labute approximate surface area is 242 Å². The molecular formula is C31H36ClN3O4S. The van der Waals surface area contributed by atoms with Gasteiger partial charge in [0.1, 0.15) is 6.04 Å². The number of sulfonamides is 1. The highest BCUT2D eigenvalue weighted by Gasteiger charge is 2.34. The van der Waals surface area contributed by atoms with E-state index >= 15 is 0 Å². The first-order valence-electron chi connectivity index (χ1n) is 13.5. The fourth-order valence-corrected chi connectivity index (χ4v) is 6.34. The number of carbonyl (C=O) groups is 2. The molecule has 1 N–H and O–H groups in total. The number of aryl methyl sites for hydroxylation is 1. The number of hydrogen-bond donors (Lipinski definition) is 1. The Kier molecular flexibility index (Phi) is 10.0. The minimum absolute atomic E-state index is 0.0680. The summed E-state index contributed by atoms with van der Waals surface area (Å²) in [4.78, 5) is 29.3. The second kappa shape index (κ2) is 13.4. The molecule has 3 aromatic carbocycles. The molecule has 0 bridgehead atoms. The summed E-state index contributed by atoms with van der Waals surface area (Å²) >= 11 is 6.25. The van der Waals surface area contributed by atoms with Gasteiger partial charge in [-0.1, -0.05) is 84.6 Å². The number of nitrogens with one attached hydrogen (secondary N) is 1. The van der Waals surface area contributed by atoms with E-state index in [-0.39, 0.29) is 23.4 Å². The topological polar surface area (TPSA) is 86.8 Å². The van der Waals surface area contributed by atoms with Gasteiger partial charge >= 0.3 is 0 Å². The van der Waals surface area contributed by atoms with Crippen molar-refractivity contribution in [3.8, 4) is 0 Å². The van der Waals surface area contributed by atoms with Crippen molar-refractivity contribution in [3.63, 3.8) is 0 Å². The predicted molar refractivity (Wildman–Crippen MR) is 157 cm³/mol. The van der Waals surface area contributed by atoms with Crippen molar-refractivity contribution in [2.24, 2.45) is 0 Å². The van der Waals surface area contributed by atoms with E-state index in [1.165, 1.54) is 24.1 Å². The summed E-state index contributed by atoms with van der Waals surface area (Å²) in [6.45, 7) is 1.56. The Balaban J connectivity index is 1.66. The van der Waals surface area contributed by atoms with Crippen LogP contribution in [0.5, 0.6) is 0 Å². The first-order chi connectivity index (χ1) is 19.1. The number of benzene rings is 3. The van der Waals surface area contributed by atoms with Crippen LogP contribution in [0.2, 0.25) is 5.02 Å². The van der Waals surface area contributed by atoms with Crippen LogP contribution in [0.15, 0.2) is 83.8 Å². The Bertz CT molecular complexity index is 1410. The molecule has 0 radical (unpaired) electrons. The number of halogens is 1. The highest BCUT2D eigenvalue weighted by molar-refractivity contribution is 7.89. The van der Waals surface area contributed by atoms with Crippen molar-refractivity contribution in [2.75, 3.05) is 13.6 Å². The Morgan fingerprint density at radius 1 is 0.950 bits per heavy atom. The van der Waals surface area contributed by atoms with E-state index in [4.69, 9.17) is 11.6 Å². The van der Waals surface area contributed by atoms with Gasteiger partial charge in [-0.15, -0.1) is 0 Å². The lowest BCUT2D eigenvalue weighted by molar-refractivity contribution is -0.141. The second-order valence-corrected chi connectivity index (χ2v) is 12.9. The molecule has 3 aromatic rings. The Hall–Kier alpha value is -3.20. The van der Waals surface area contributed by atoms with Gasteiger partial charge in [0.2, 0.25) is 21.8 Å². The molecule has 7 nitrogen and oxygen atoms in total. The first-order valence-corrected chi connectivity index (χ1v) is 15.4. The summed E-state index contributed by atoms with van der Waals surface area (Å²) in [7, 11) is -2.54. The number of carbonyl (C=O) groups excluding carboxylic acids is 2. The van der Waals surface area contributed by atoms with E-state index in [9.17, 15) is 18.0 Å². The van der Waals surface area contributed by atoms with Crippen LogP contribution in [0, 0.1) is 6.92 Å². The van der Waals surface area contributed by atoms with Crippen LogP contribution in [0.4, 0.5) is 0 Å². The zero-order valence-corrected chi connectivity index (χ0v) is 24.5. The number of nitrogens with zero attached hydrogens (tertiary/aromatic N) is 2. The van der Waals surface area contributed by atoms with Crippen molar-refractivity contribution in [1.82, 2.24) is 14.5 Å². The van der Waals surface area contributed by atoms with E-state index in [1.807, 2.05) is 43.3 Å². The normalized spacial score (nSPS) is 14.7. The van der Waals surface area contributed by atoms with E-state index < -0.39 is 28.5 Å². The molecule has 1 saturated carbocycles. The van der Waals surface area contributed by atoms with Crippen molar-refractivity contribution < 1.29 is 18.0 Å². The molecule has 0 unspecified atom stereocenters. The second-order valence-electron chi connectivity index (χ2n) is 10.4. The summed E-state index contributed by atoms with van der Waals surface area (Å²) in [5.41, 5.74) is 2.58. The average Bonchev–Trinajstić information content (AvgIpc) is 3.44. The molecule has 1 aliphatic rings. The van der Waals surface area contributed by atoms with Crippen LogP contribution in [0.1, 0.15) is 42.4 Å². The number of amides is 2. The minimum Gasteiger partial charge on any atom is -0.352 e. The number of rotatable bonds is 11. The maximum absolute atomic E-state index is 14.0. The molecule has 0 aromatic heterocycles. The summed E-state index contributed by atoms with van der Waals surface area (Å²) < 4.78 is 27.6. The van der Waals surface area contributed by atoms with Gasteiger partial charge in [0.05, 0.1) is 11.4 Å². The van der Waals surface area contributed by atoms with E-state index in [2.05, 4.69) is 5.32 Å². The Morgan fingerprint density at radius 3 is 2.25 bits per heavy atom. The molecule has 2 amide bonds. The van der Waals surface area contributed by atoms with Gasteiger partial charge in [0.15, 0.2) is 0 Å². The minimum atomic E-state index is -3.92. The highest BCUT2D eigenvalue weighted by Crippen LogP contribution is 2.22. The van der Waals surface area contributed by atoms with E-state index in [1.54, 1.807) is 30.3 Å². The van der Waals surface area contributed by atoms with Gasteiger partial charge in [-0.05, 0) is 55.2 Å². The third kappa shape index (κ3) is 7.71. The zero-order chi connectivity index (χ0) is 28.7. The zero-order valence-electron chi connectivity index (χ0n) is 22.9. The molecule has 0 aliphatic heterocycles. The maximum atomic E-state index is 14.0. The van der Waals surface area contributed by atoms with Gasteiger partial charge in [0.25, 0.3) is 0 Å². The quantitative estimate of drug-likeness (QED) is 0.346. The number of hydrogen-bond acceptors (Lipinski definition) is 4. The molecule has 0 saturated heterocycles. The van der Waals surface area contributed by atoms with Crippen LogP contribution >= 0.6 is 11.6 Å². The summed E-state index contributed by atoms with van der Waals surface area (Å²) in [6, 6.07) is 22.4. The molecule has 40 heavy (non-hydrogen) atoms. The van der Waals surface area contributed by atoms with Gasteiger partial charge in [0, 0.05) is 31.1 Å². The molecule has 1 aliphatic carbocycles. The average molecular weight is 582 g/mol. The molecule has 0 spiro atoms. The fourth-order valence-electron chi connectivity index (χ4n) is 5.01. The van der Waals surface area contributed by atoms with Crippen molar-refractivity contribution >= 4 is 33.4 Å². The molecule has 212 valence electrons. The van der Waals surface area contributed by atoms with E-state index in [0.29, 0.717) is 11.4 Å². The molecule has 9 heteroatoms. The van der Waals surface area contributed by atoms with Crippen LogP contribution in [-0.4, -0.2) is 55.1 Å². The highest BCUT2D eigenvalue weighted by atomic mass is 35.5. The van der Waals surface area contributed by atoms with Crippen LogP contribution in [-0.2, 0) is 32.6 Å². The Morgan fingerprint density at radius 2 is 1.60 bits per heavy atom. The summed E-state index contributed by atoms with van der Waals surface area (Å²) in [5.74, 6) is -0.712. The standard InChI is InChI=1S/C31H36ClN3O4S/c1-23-15-17-28(18-16-23)40(38,39)34(2)22-30(36)35(21-25-11-8-12-26(32)19-25)29(20-24-9-4-3-5-10-24)31(37)33-27-13-6-7-14-27/h3-5,8-12,15-19,27,29H,6-7,13-14,20-22H2,1-2H3,(H,33,37)/t29-/m1/s1.